The molecule has 0 spiro atoms. The van der Waals surface area contributed by atoms with Gasteiger partial charge in [0.2, 0.25) is 5.13 Å². The first-order valence-corrected chi connectivity index (χ1v) is 22.0. The van der Waals surface area contributed by atoms with E-state index in [1.165, 1.54) is 95.2 Å². The van der Waals surface area contributed by atoms with Crippen molar-refractivity contribution in [2.75, 3.05) is 26.2 Å². The predicted molar refractivity (Wildman–Crippen MR) is 229 cm³/mol. The van der Waals surface area contributed by atoms with Crippen molar-refractivity contribution >= 4 is 43.9 Å². The number of likely N-dealkylation sites (tertiary alicyclic amines) is 2. The zero-order chi connectivity index (χ0) is 39.7. The summed E-state index contributed by atoms with van der Waals surface area (Å²) < 4.78 is 3.26. The van der Waals surface area contributed by atoms with Crippen LogP contribution in [0.4, 0.5) is 5.13 Å². The van der Waals surface area contributed by atoms with E-state index >= 15 is 0 Å². The summed E-state index contributed by atoms with van der Waals surface area (Å²) in [6, 6.07) is 7.92. The summed E-state index contributed by atoms with van der Waals surface area (Å²) in [6.45, 7) is 14.7. The number of nitrogens with two attached hydrogens (primary N) is 1. The molecule has 2 aromatic heterocycles. The smallest absolute Gasteiger partial charge is 0.299 e. The number of fused-ring (bicyclic) bond motifs is 1. The number of allylic oxidation sites excluding steroid dienone is 3. The van der Waals surface area contributed by atoms with Crippen LogP contribution in [0.5, 0.6) is 0 Å². The van der Waals surface area contributed by atoms with Gasteiger partial charge in [0.1, 0.15) is 23.2 Å². The summed E-state index contributed by atoms with van der Waals surface area (Å²) in [6.07, 6.45) is 20.7. The van der Waals surface area contributed by atoms with Crippen molar-refractivity contribution in [3.05, 3.63) is 82.5 Å². The molecule has 5 heterocycles. The van der Waals surface area contributed by atoms with Gasteiger partial charge in [-0.15, -0.1) is 0 Å². The van der Waals surface area contributed by atoms with Gasteiger partial charge in [0, 0.05) is 48.3 Å². The van der Waals surface area contributed by atoms with Gasteiger partial charge < -0.3 is 31.1 Å². The first kappa shape index (κ1) is 38.1. The number of nitrogens with one attached hydrogen (secondary N) is 3. The van der Waals surface area contributed by atoms with Gasteiger partial charge in [-0.25, -0.2) is 9.98 Å². The quantitative estimate of drug-likeness (QED) is 0.0696. The zero-order valence-corrected chi connectivity index (χ0v) is 35.0. The number of aromatic nitrogens is 3. The van der Waals surface area contributed by atoms with Crippen molar-refractivity contribution in [2.24, 2.45) is 32.4 Å². The highest BCUT2D eigenvalue weighted by Gasteiger charge is 2.65. The first-order chi connectivity index (χ1) is 27.2. The minimum absolute atomic E-state index is 0.210. The van der Waals surface area contributed by atoms with Crippen LogP contribution in [-0.2, 0) is 6.54 Å². The number of hydrogen-bond acceptors (Lipinski definition) is 8. The van der Waals surface area contributed by atoms with Crippen LogP contribution in [0.1, 0.15) is 109 Å². The third kappa shape index (κ3) is 7.11. The molecule has 3 aromatic rings. The first-order valence-electron chi connectivity index (χ1n) is 21.2. The van der Waals surface area contributed by atoms with E-state index in [2.05, 4.69) is 40.7 Å². The van der Waals surface area contributed by atoms with E-state index < -0.39 is 5.95 Å². The average Bonchev–Trinajstić information content (AvgIpc) is 3.90. The lowest BCUT2D eigenvalue weighted by Crippen LogP contribution is -3.10. The van der Waals surface area contributed by atoms with Crippen molar-refractivity contribution in [2.45, 2.75) is 111 Å². The molecule has 302 valence electrons. The molecule has 7 aliphatic rings. The highest BCUT2D eigenvalue weighted by molar-refractivity contribution is 7.22. The summed E-state index contributed by atoms with van der Waals surface area (Å²) in [5.41, 5.74) is 13.2. The highest BCUT2D eigenvalue weighted by Crippen LogP contribution is 2.75. The van der Waals surface area contributed by atoms with Gasteiger partial charge in [-0.3, -0.25) is 10.1 Å². The molecular weight excluding hydrogens is 731 g/mol. The molecule has 10 rings (SSSR count). The number of nitrogens with zero attached hydrogens (tertiary/aromatic N) is 5. The normalized spacial score (nSPS) is 31.2. The maximum absolute atomic E-state index is 10.7. The SMILES string of the molecule is CC(=C1\CCCN(C2=CC=C(c3cnn(CC45CC6(CCC[NH+]7CCCC7)C[C@@](C)(C4)C[C@](C)(C6)C5)c3C)C(=C(O)O)N2)C1=N)/C(N)=N\c1nc2ccccc2s1. The van der Waals surface area contributed by atoms with Gasteiger partial charge >= 0.3 is 0 Å². The molecule has 3 aliphatic heterocycles. The number of benzene rings is 1. The Morgan fingerprint density at radius 1 is 1.02 bits per heavy atom. The number of aliphatic imine (C=N–C) groups is 1. The summed E-state index contributed by atoms with van der Waals surface area (Å²) in [5.74, 6) is 0.463. The standard InChI is InChI=1S/C45H59N9O2S/c1-29(38(46)51-41-49-34-12-5-6-13-35(34)57-41)31-11-9-20-53(39(31)47)36-15-14-32(37(50-36)40(55)56)33-21-48-54(30(33)2)28-45-25-42(3)22-43(4,26-45)24-44(23-42,27-45)16-10-19-52-17-7-8-18-52/h5-6,12-15,21,47,50,55-56H,7-11,16-20,22-28H2,1-4H3,(H2,46,49,51)/p+1/b31-29-,47-39?/t42-,43+,44?,45?. The minimum atomic E-state index is -0.790. The lowest BCUT2D eigenvalue weighted by molar-refractivity contribution is -0.887. The molecular formula is C45H60N9O2S+. The molecule has 2 unspecified atom stereocenters. The molecule has 6 fully saturated rings. The number of piperidine rings is 1. The van der Waals surface area contributed by atoms with Crippen molar-refractivity contribution in [3.63, 3.8) is 0 Å². The molecule has 1 aromatic carbocycles. The predicted octanol–water partition coefficient (Wildman–Crippen LogP) is 7.82. The van der Waals surface area contributed by atoms with Crippen molar-refractivity contribution in [1.82, 2.24) is 25.0 Å². The van der Waals surface area contributed by atoms with E-state index in [1.807, 2.05) is 59.3 Å². The van der Waals surface area contributed by atoms with Gasteiger partial charge in [0.15, 0.2) is 0 Å². The molecule has 11 nitrogen and oxygen atoms in total. The molecule has 4 saturated carbocycles. The van der Waals surface area contributed by atoms with Gasteiger partial charge in [-0.1, -0.05) is 37.3 Å². The Kier molecular flexibility index (Phi) is 9.46. The number of dihydropyridines is 1. The number of rotatable bonds is 10. The van der Waals surface area contributed by atoms with Crippen molar-refractivity contribution in [1.29, 1.82) is 5.41 Å². The van der Waals surface area contributed by atoms with E-state index in [0.29, 0.717) is 57.4 Å². The number of amidine groups is 2. The number of hydrogen-bond donors (Lipinski definition) is 6. The summed E-state index contributed by atoms with van der Waals surface area (Å²) in [5, 5.41) is 39.5. The van der Waals surface area contributed by atoms with E-state index in [-0.39, 0.29) is 11.1 Å². The van der Waals surface area contributed by atoms with Crippen molar-refractivity contribution in [3.8, 4) is 0 Å². The fourth-order valence-corrected chi connectivity index (χ4v) is 14.2. The summed E-state index contributed by atoms with van der Waals surface area (Å²) in [7, 11) is 0. The van der Waals surface area contributed by atoms with Crippen LogP contribution >= 0.6 is 11.3 Å². The van der Waals surface area contributed by atoms with Crippen LogP contribution in [0.2, 0.25) is 0 Å². The highest BCUT2D eigenvalue weighted by atomic mass is 32.1. The Morgan fingerprint density at radius 3 is 2.49 bits per heavy atom. The monoisotopic (exact) mass is 790 g/mol. The fraction of sp³-hybridized carbons (Fsp3) is 0.556. The Balaban J connectivity index is 0.949. The lowest BCUT2D eigenvalue weighted by atomic mass is 9.35. The third-order valence-corrected chi connectivity index (χ3v) is 15.3. The third-order valence-electron chi connectivity index (χ3n) is 14.4. The molecule has 4 bridgehead atoms. The molecule has 4 aliphatic carbocycles. The van der Waals surface area contributed by atoms with E-state index in [0.717, 1.165) is 45.6 Å². The van der Waals surface area contributed by atoms with Gasteiger partial charge in [-0.2, -0.15) is 5.10 Å². The Labute approximate surface area is 340 Å². The van der Waals surface area contributed by atoms with Crippen LogP contribution in [0.3, 0.4) is 0 Å². The summed E-state index contributed by atoms with van der Waals surface area (Å²) in [4.78, 5) is 12.9. The number of aliphatic hydroxyl groups excluding tert-OH is 1. The molecule has 0 radical (unpaired) electrons. The Hall–Kier alpha value is -4.42. The zero-order valence-electron chi connectivity index (χ0n) is 34.2. The molecule has 7 N–H and O–H groups in total. The van der Waals surface area contributed by atoms with E-state index in [1.54, 1.807) is 0 Å². The van der Waals surface area contributed by atoms with Gasteiger partial charge in [0.25, 0.3) is 5.95 Å². The topological polar surface area (TPSA) is 153 Å². The number of aliphatic hydroxyl groups is 2. The second-order valence-corrected chi connectivity index (χ2v) is 20.4. The van der Waals surface area contributed by atoms with Crippen LogP contribution < -0.4 is 16.0 Å². The van der Waals surface area contributed by atoms with Crippen LogP contribution in [0.15, 0.2) is 76.2 Å². The number of thiazole rings is 1. The fourth-order valence-electron chi connectivity index (χ4n) is 13.4. The molecule has 12 heteroatoms. The molecule has 0 amide bonds. The molecule has 4 atom stereocenters. The van der Waals surface area contributed by atoms with Gasteiger partial charge in [0.05, 0.1) is 36.0 Å². The van der Waals surface area contributed by atoms with Gasteiger partial charge in [-0.05, 0) is 130 Å². The minimum Gasteiger partial charge on any atom is -0.480 e. The second kappa shape index (κ2) is 14.1. The maximum atomic E-state index is 10.7. The molecule has 2 saturated heterocycles. The number of para-hydroxylation sites is 1. The van der Waals surface area contributed by atoms with Crippen LogP contribution in [0, 0.1) is 34.0 Å². The number of quaternary nitrogens is 1. The van der Waals surface area contributed by atoms with Crippen molar-refractivity contribution < 1.29 is 15.1 Å². The lowest BCUT2D eigenvalue weighted by Gasteiger charge is -2.70. The Bertz CT molecular complexity index is 2210. The average molecular weight is 791 g/mol. The Morgan fingerprint density at radius 2 is 1.75 bits per heavy atom. The molecule has 57 heavy (non-hydrogen) atoms. The van der Waals surface area contributed by atoms with E-state index in [4.69, 9.17) is 10.8 Å². The largest absolute Gasteiger partial charge is 0.480 e. The van der Waals surface area contributed by atoms with E-state index in [9.17, 15) is 15.6 Å². The second-order valence-electron chi connectivity index (χ2n) is 19.4. The van der Waals surface area contributed by atoms with Crippen LogP contribution in [-0.4, -0.2) is 67.7 Å². The van der Waals surface area contributed by atoms with Crippen LogP contribution in [0.25, 0.3) is 15.8 Å². The maximum Gasteiger partial charge on any atom is 0.299 e. The summed E-state index contributed by atoms with van der Waals surface area (Å²) >= 11 is 1.49.